The molecule has 15 heavy (non-hydrogen) atoms. The molecule has 0 bridgehead atoms. The van der Waals surface area contributed by atoms with Crippen LogP contribution in [0.25, 0.3) is 0 Å². The SMILES string of the molecule is Nc1ccc(N2CCN[C@@H](CO)C2)cn1. The molecule has 2 heterocycles. The van der Waals surface area contributed by atoms with Gasteiger partial charge in [-0.25, -0.2) is 4.98 Å². The van der Waals surface area contributed by atoms with E-state index < -0.39 is 0 Å². The second kappa shape index (κ2) is 4.46. The number of nitrogens with zero attached hydrogens (tertiary/aromatic N) is 2. The minimum Gasteiger partial charge on any atom is -0.395 e. The summed E-state index contributed by atoms with van der Waals surface area (Å²) < 4.78 is 0. The van der Waals surface area contributed by atoms with E-state index in [1.165, 1.54) is 0 Å². The summed E-state index contributed by atoms with van der Waals surface area (Å²) in [5.74, 6) is 0.535. The zero-order chi connectivity index (χ0) is 10.7. The predicted molar refractivity (Wildman–Crippen MR) is 59.7 cm³/mol. The fourth-order valence-electron chi connectivity index (χ4n) is 1.77. The molecule has 0 unspecified atom stereocenters. The van der Waals surface area contributed by atoms with Gasteiger partial charge in [0, 0.05) is 25.7 Å². The first-order chi connectivity index (χ1) is 7.29. The molecule has 0 radical (unpaired) electrons. The van der Waals surface area contributed by atoms with Crippen molar-refractivity contribution in [3.63, 3.8) is 0 Å². The normalized spacial score (nSPS) is 21.7. The van der Waals surface area contributed by atoms with E-state index in [9.17, 15) is 0 Å². The molecule has 1 aliphatic rings. The van der Waals surface area contributed by atoms with Gasteiger partial charge in [0.2, 0.25) is 0 Å². The molecule has 1 aliphatic heterocycles. The second-order valence-electron chi connectivity index (χ2n) is 3.72. The van der Waals surface area contributed by atoms with Crippen LogP contribution < -0.4 is 16.0 Å². The van der Waals surface area contributed by atoms with Crippen molar-refractivity contribution in [3.05, 3.63) is 18.3 Å². The first-order valence-electron chi connectivity index (χ1n) is 5.10. The Labute approximate surface area is 88.9 Å². The highest BCUT2D eigenvalue weighted by Gasteiger charge is 2.18. The third-order valence-electron chi connectivity index (χ3n) is 2.61. The van der Waals surface area contributed by atoms with E-state index in [0.717, 1.165) is 25.3 Å². The summed E-state index contributed by atoms with van der Waals surface area (Å²) in [5, 5.41) is 12.3. The Morgan fingerprint density at radius 2 is 2.47 bits per heavy atom. The van der Waals surface area contributed by atoms with Crippen LogP contribution in [0, 0.1) is 0 Å². The van der Waals surface area contributed by atoms with Crippen molar-refractivity contribution in [2.75, 3.05) is 36.9 Å². The Balaban J connectivity index is 2.06. The van der Waals surface area contributed by atoms with Crippen LogP contribution in [-0.2, 0) is 0 Å². The van der Waals surface area contributed by atoms with Crippen LogP contribution in [-0.4, -0.2) is 42.4 Å². The van der Waals surface area contributed by atoms with E-state index in [1.54, 1.807) is 12.3 Å². The number of anilines is 2. The topological polar surface area (TPSA) is 74.4 Å². The number of nitrogen functional groups attached to an aromatic ring is 1. The fraction of sp³-hybridized carbons (Fsp3) is 0.500. The van der Waals surface area contributed by atoms with Crippen molar-refractivity contribution in [3.8, 4) is 0 Å². The first-order valence-corrected chi connectivity index (χ1v) is 5.10. The van der Waals surface area contributed by atoms with Gasteiger partial charge in [0.15, 0.2) is 0 Å². The molecule has 0 amide bonds. The van der Waals surface area contributed by atoms with E-state index in [-0.39, 0.29) is 12.6 Å². The summed E-state index contributed by atoms with van der Waals surface area (Å²) in [5.41, 5.74) is 6.59. The Morgan fingerprint density at radius 1 is 1.60 bits per heavy atom. The lowest BCUT2D eigenvalue weighted by Crippen LogP contribution is -2.52. The lowest BCUT2D eigenvalue weighted by Gasteiger charge is -2.34. The fourth-order valence-corrected chi connectivity index (χ4v) is 1.77. The molecular weight excluding hydrogens is 192 g/mol. The number of aliphatic hydroxyl groups is 1. The number of aliphatic hydroxyl groups excluding tert-OH is 1. The summed E-state index contributed by atoms with van der Waals surface area (Å²) in [6.45, 7) is 2.79. The van der Waals surface area contributed by atoms with E-state index in [1.807, 2.05) is 6.07 Å². The Kier molecular flexibility index (Phi) is 3.03. The van der Waals surface area contributed by atoms with Gasteiger partial charge >= 0.3 is 0 Å². The molecule has 1 saturated heterocycles. The minimum absolute atomic E-state index is 0.149. The molecule has 1 aromatic heterocycles. The molecule has 0 saturated carbocycles. The number of hydrogen-bond donors (Lipinski definition) is 3. The van der Waals surface area contributed by atoms with Crippen molar-refractivity contribution in [2.45, 2.75) is 6.04 Å². The zero-order valence-corrected chi connectivity index (χ0v) is 8.56. The van der Waals surface area contributed by atoms with Gasteiger partial charge in [-0.3, -0.25) is 0 Å². The van der Waals surface area contributed by atoms with Crippen molar-refractivity contribution in [1.82, 2.24) is 10.3 Å². The van der Waals surface area contributed by atoms with Crippen LogP contribution in [0.5, 0.6) is 0 Å². The molecule has 0 spiro atoms. The maximum atomic E-state index is 9.08. The smallest absolute Gasteiger partial charge is 0.123 e. The lowest BCUT2D eigenvalue weighted by atomic mass is 10.2. The minimum atomic E-state index is 0.149. The molecule has 1 aromatic rings. The molecule has 1 atom stereocenters. The zero-order valence-electron chi connectivity index (χ0n) is 8.56. The average Bonchev–Trinajstić information content (AvgIpc) is 2.30. The van der Waals surface area contributed by atoms with E-state index in [2.05, 4.69) is 15.2 Å². The highest BCUT2D eigenvalue weighted by molar-refractivity contribution is 5.48. The van der Waals surface area contributed by atoms with E-state index in [0.29, 0.717) is 5.82 Å². The van der Waals surface area contributed by atoms with Crippen LogP contribution in [0.15, 0.2) is 18.3 Å². The van der Waals surface area contributed by atoms with Gasteiger partial charge in [0.1, 0.15) is 5.82 Å². The van der Waals surface area contributed by atoms with Gasteiger partial charge in [-0.2, -0.15) is 0 Å². The third-order valence-corrected chi connectivity index (χ3v) is 2.61. The van der Waals surface area contributed by atoms with Crippen LogP contribution in [0.4, 0.5) is 11.5 Å². The second-order valence-corrected chi connectivity index (χ2v) is 3.72. The molecule has 4 N–H and O–H groups in total. The van der Waals surface area contributed by atoms with Crippen molar-refractivity contribution < 1.29 is 5.11 Å². The molecule has 82 valence electrons. The molecule has 1 fully saturated rings. The maximum absolute atomic E-state index is 9.08. The van der Waals surface area contributed by atoms with Gasteiger partial charge in [0.25, 0.3) is 0 Å². The Hall–Kier alpha value is -1.33. The number of nitrogens with two attached hydrogens (primary N) is 1. The third kappa shape index (κ3) is 2.37. The summed E-state index contributed by atoms with van der Waals surface area (Å²) in [6.07, 6.45) is 1.77. The molecule has 5 heteroatoms. The van der Waals surface area contributed by atoms with E-state index >= 15 is 0 Å². The van der Waals surface area contributed by atoms with Crippen molar-refractivity contribution >= 4 is 11.5 Å². The number of aromatic nitrogens is 1. The van der Waals surface area contributed by atoms with Gasteiger partial charge in [-0.05, 0) is 12.1 Å². The van der Waals surface area contributed by atoms with Gasteiger partial charge in [0.05, 0.1) is 18.5 Å². The highest BCUT2D eigenvalue weighted by Crippen LogP contribution is 2.15. The summed E-state index contributed by atoms with van der Waals surface area (Å²) >= 11 is 0. The first kappa shape index (κ1) is 10.2. The number of piperazine rings is 1. The van der Waals surface area contributed by atoms with E-state index in [4.69, 9.17) is 10.8 Å². The Morgan fingerprint density at radius 3 is 3.13 bits per heavy atom. The van der Waals surface area contributed by atoms with Crippen LogP contribution in [0.3, 0.4) is 0 Å². The summed E-state index contributed by atoms with van der Waals surface area (Å²) in [7, 11) is 0. The quantitative estimate of drug-likeness (QED) is 0.607. The van der Waals surface area contributed by atoms with Crippen LogP contribution >= 0.6 is 0 Å². The molecule has 0 aromatic carbocycles. The predicted octanol–water partition coefficient (Wildman–Crippen LogP) is -0.566. The maximum Gasteiger partial charge on any atom is 0.123 e. The summed E-state index contributed by atoms with van der Waals surface area (Å²) in [6, 6.07) is 3.91. The molecule has 2 rings (SSSR count). The molecule has 5 nitrogen and oxygen atoms in total. The van der Waals surface area contributed by atoms with Gasteiger partial charge in [-0.1, -0.05) is 0 Å². The summed E-state index contributed by atoms with van der Waals surface area (Å²) in [4.78, 5) is 6.26. The lowest BCUT2D eigenvalue weighted by molar-refractivity contribution is 0.235. The highest BCUT2D eigenvalue weighted by atomic mass is 16.3. The number of hydrogen-bond acceptors (Lipinski definition) is 5. The number of rotatable bonds is 2. The number of nitrogens with one attached hydrogen (secondary N) is 1. The standard InChI is InChI=1S/C10H16N4O/c11-10-2-1-9(5-13-10)14-4-3-12-8(6-14)7-15/h1-2,5,8,12,15H,3-4,6-7H2,(H2,11,13)/t8-/m1/s1. The average molecular weight is 208 g/mol. The van der Waals surface area contributed by atoms with Gasteiger partial charge in [-0.15, -0.1) is 0 Å². The Bertz CT molecular complexity index is 314. The van der Waals surface area contributed by atoms with Crippen molar-refractivity contribution in [1.29, 1.82) is 0 Å². The number of pyridine rings is 1. The molecular formula is C10H16N4O. The molecule has 0 aliphatic carbocycles. The van der Waals surface area contributed by atoms with Gasteiger partial charge < -0.3 is 21.1 Å². The monoisotopic (exact) mass is 208 g/mol. The van der Waals surface area contributed by atoms with Crippen LogP contribution in [0.2, 0.25) is 0 Å². The van der Waals surface area contributed by atoms with Crippen LogP contribution in [0.1, 0.15) is 0 Å². The largest absolute Gasteiger partial charge is 0.395 e. The van der Waals surface area contributed by atoms with Crippen molar-refractivity contribution in [2.24, 2.45) is 0 Å².